The number of hydrogen-bond donors (Lipinski definition) is 4. The zero-order valence-electron chi connectivity index (χ0n) is 20.4. The van der Waals surface area contributed by atoms with Crippen LogP contribution in [0, 0.1) is 23.4 Å². The molecule has 0 radical (unpaired) electrons. The Morgan fingerprint density at radius 1 is 1.11 bits per heavy atom. The van der Waals surface area contributed by atoms with Crippen molar-refractivity contribution in [3.8, 4) is 0 Å². The van der Waals surface area contributed by atoms with E-state index in [1.54, 1.807) is 11.5 Å². The molecule has 1 aliphatic rings. The van der Waals surface area contributed by atoms with E-state index in [-0.39, 0.29) is 49.9 Å². The van der Waals surface area contributed by atoms with Crippen LogP contribution in [0.3, 0.4) is 0 Å². The van der Waals surface area contributed by atoms with E-state index >= 15 is 0 Å². The number of nitrogens with one attached hydrogen (secondary N) is 3. The van der Waals surface area contributed by atoms with Gasteiger partial charge in [-0.2, -0.15) is 4.98 Å². The highest BCUT2D eigenvalue weighted by Gasteiger charge is 2.31. The molecule has 1 atom stereocenters. The highest BCUT2D eigenvalue weighted by molar-refractivity contribution is 5.79. The summed E-state index contributed by atoms with van der Waals surface area (Å²) < 4.78 is 44.1. The van der Waals surface area contributed by atoms with Crippen molar-refractivity contribution in [2.75, 3.05) is 17.2 Å². The maximum atomic E-state index is 14.4. The number of imidazole rings is 1. The van der Waals surface area contributed by atoms with E-state index in [1.165, 1.54) is 6.20 Å². The topological polar surface area (TPSA) is 117 Å². The average Bonchev–Trinajstić information content (AvgIpc) is 3.18. The predicted molar refractivity (Wildman–Crippen MR) is 136 cm³/mol. The van der Waals surface area contributed by atoms with Gasteiger partial charge >= 0.3 is 0 Å². The first-order chi connectivity index (χ1) is 17.2. The van der Waals surface area contributed by atoms with Gasteiger partial charge in [0.25, 0.3) is 0 Å². The average molecular weight is 522 g/mol. The molecule has 1 aromatic carbocycles. The second-order valence-electron chi connectivity index (χ2n) is 9.47. The standard InChI is InChI=1S/C24H30F3N7O2.CH4/c1-12(2)29-23-28-10-19-21(33-23)34(16-6-4-14(5-7-16)22(36)30-13(3)11-35)24(31-19)32-20-17(26)8-15(25)9-18(20)27;/h8-10,12-14,16,35H,4-7,11H2,1-3H3,(H,30,36)(H,31,32)(H,28,29,33);1H4/t13-,14?,16?;/m0./s1. The largest absolute Gasteiger partial charge is 0.394 e. The Morgan fingerprint density at radius 2 is 1.76 bits per heavy atom. The smallest absolute Gasteiger partial charge is 0.224 e. The van der Waals surface area contributed by atoms with Crippen LogP contribution >= 0.6 is 0 Å². The van der Waals surface area contributed by atoms with Crippen molar-refractivity contribution in [3.63, 3.8) is 0 Å². The Labute approximate surface area is 213 Å². The van der Waals surface area contributed by atoms with Crippen molar-refractivity contribution in [3.05, 3.63) is 35.8 Å². The van der Waals surface area contributed by atoms with Gasteiger partial charge in [-0.25, -0.2) is 23.1 Å². The number of fused-ring (bicyclic) bond motifs is 1. The number of rotatable bonds is 8. The fourth-order valence-electron chi connectivity index (χ4n) is 4.43. The number of aliphatic hydroxyl groups excluding tert-OH is 1. The summed E-state index contributed by atoms with van der Waals surface area (Å²) >= 11 is 0. The quantitative estimate of drug-likeness (QED) is 0.340. The van der Waals surface area contributed by atoms with Crippen LogP contribution in [-0.2, 0) is 4.79 Å². The van der Waals surface area contributed by atoms with Crippen molar-refractivity contribution < 1.29 is 23.1 Å². The van der Waals surface area contributed by atoms with Crippen LogP contribution in [0.2, 0.25) is 0 Å². The summed E-state index contributed by atoms with van der Waals surface area (Å²) in [5.41, 5.74) is 0.374. The van der Waals surface area contributed by atoms with E-state index in [4.69, 9.17) is 0 Å². The maximum Gasteiger partial charge on any atom is 0.224 e. The third-order valence-corrected chi connectivity index (χ3v) is 6.19. The van der Waals surface area contributed by atoms with E-state index in [9.17, 15) is 23.1 Å². The Hall–Kier alpha value is -3.41. The fourth-order valence-corrected chi connectivity index (χ4v) is 4.43. The van der Waals surface area contributed by atoms with Crippen LogP contribution in [-0.4, -0.2) is 49.2 Å². The van der Waals surface area contributed by atoms with E-state index in [0.29, 0.717) is 54.9 Å². The number of nitrogens with zero attached hydrogens (tertiary/aromatic N) is 4. The van der Waals surface area contributed by atoms with E-state index < -0.39 is 23.1 Å². The summed E-state index contributed by atoms with van der Waals surface area (Å²) in [5.74, 6) is -2.98. The number of aliphatic hydroxyl groups is 1. The molecule has 0 bridgehead atoms. The van der Waals surface area contributed by atoms with Gasteiger partial charge in [0, 0.05) is 36.2 Å². The summed E-state index contributed by atoms with van der Waals surface area (Å²) in [6.07, 6.45) is 3.88. The van der Waals surface area contributed by atoms with Gasteiger partial charge in [-0.15, -0.1) is 0 Å². The van der Waals surface area contributed by atoms with Crippen LogP contribution in [0.4, 0.5) is 30.8 Å². The summed E-state index contributed by atoms with van der Waals surface area (Å²) in [5, 5.41) is 17.8. The normalized spacial score (nSPS) is 18.4. The van der Waals surface area contributed by atoms with Gasteiger partial charge in [0.1, 0.15) is 17.0 Å². The molecule has 2 heterocycles. The Morgan fingerprint density at radius 3 is 2.35 bits per heavy atom. The number of hydrogen-bond acceptors (Lipinski definition) is 7. The third-order valence-electron chi connectivity index (χ3n) is 6.19. The lowest BCUT2D eigenvalue weighted by molar-refractivity contribution is -0.127. The molecular weight excluding hydrogens is 487 g/mol. The maximum absolute atomic E-state index is 14.4. The van der Waals surface area contributed by atoms with Gasteiger partial charge in [0.05, 0.1) is 12.8 Å². The number of amides is 1. The molecule has 1 amide bonds. The first-order valence-electron chi connectivity index (χ1n) is 12.0. The van der Waals surface area contributed by atoms with Crippen molar-refractivity contribution in [1.82, 2.24) is 24.8 Å². The van der Waals surface area contributed by atoms with E-state index in [0.717, 1.165) is 0 Å². The predicted octanol–water partition coefficient (Wildman–Crippen LogP) is 4.67. The Bertz CT molecular complexity index is 1220. The minimum atomic E-state index is -1.09. The molecule has 37 heavy (non-hydrogen) atoms. The molecule has 12 heteroatoms. The number of halogens is 3. The summed E-state index contributed by atoms with van der Waals surface area (Å²) in [6, 6.07) is 0.784. The number of benzene rings is 1. The number of carbonyl (C=O) groups excluding carboxylic acids is 1. The van der Waals surface area contributed by atoms with Crippen LogP contribution in [0.1, 0.15) is 59.9 Å². The minimum absolute atomic E-state index is 0. The van der Waals surface area contributed by atoms with Crippen LogP contribution in [0.15, 0.2) is 18.3 Å². The van der Waals surface area contributed by atoms with Gasteiger partial charge in [-0.1, -0.05) is 7.43 Å². The van der Waals surface area contributed by atoms with E-state index in [2.05, 4.69) is 30.9 Å². The van der Waals surface area contributed by atoms with Crippen LogP contribution in [0.5, 0.6) is 0 Å². The van der Waals surface area contributed by atoms with Gasteiger partial charge in [0.2, 0.25) is 17.8 Å². The number of aromatic nitrogens is 4. The zero-order valence-corrected chi connectivity index (χ0v) is 20.4. The first kappa shape index (κ1) is 28.2. The minimum Gasteiger partial charge on any atom is -0.394 e. The van der Waals surface area contributed by atoms with Gasteiger partial charge in [-0.3, -0.25) is 9.36 Å². The monoisotopic (exact) mass is 521 g/mol. The van der Waals surface area contributed by atoms with Crippen LogP contribution in [0.25, 0.3) is 11.2 Å². The highest BCUT2D eigenvalue weighted by atomic mass is 19.1. The number of anilines is 3. The second-order valence-corrected chi connectivity index (χ2v) is 9.47. The molecule has 0 unspecified atom stereocenters. The molecule has 1 saturated carbocycles. The molecular formula is C25H34F3N7O2. The molecule has 2 aromatic heterocycles. The highest BCUT2D eigenvalue weighted by Crippen LogP contribution is 2.37. The Balaban J connectivity index is 0.00000380. The van der Waals surface area contributed by atoms with Crippen molar-refractivity contribution in [2.24, 2.45) is 5.92 Å². The molecule has 0 saturated heterocycles. The zero-order chi connectivity index (χ0) is 26.0. The van der Waals surface area contributed by atoms with Crippen molar-refractivity contribution in [2.45, 2.75) is 72.0 Å². The molecule has 3 aromatic rings. The van der Waals surface area contributed by atoms with Crippen molar-refractivity contribution in [1.29, 1.82) is 0 Å². The molecule has 1 fully saturated rings. The fraction of sp³-hybridized carbons (Fsp3) is 0.520. The van der Waals surface area contributed by atoms with Gasteiger partial charge in [0.15, 0.2) is 17.3 Å². The Kier molecular flexibility index (Phi) is 8.95. The SMILES string of the molecule is C.CC(C)Nc1ncc2nc(Nc3c(F)cc(F)cc3F)n(C3CCC(C(=O)N[C@@H](C)CO)CC3)c2n1. The van der Waals surface area contributed by atoms with Crippen molar-refractivity contribution >= 4 is 34.7 Å². The summed E-state index contributed by atoms with van der Waals surface area (Å²) in [6.45, 7) is 5.49. The molecule has 202 valence electrons. The summed E-state index contributed by atoms with van der Waals surface area (Å²) in [7, 11) is 0. The second kappa shape index (κ2) is 11.8. The molecule has 4 N–H and O–H groups in total. The molecule has 0 spiro atoms. The lowest BCUT2D eigenvalue weighted by atomic mass is 9.85. The lowest BCUT2D eigenvalue weighted by Gasteiger charge is -2.30. The van der Waals surface area contributed by atoms with Gasteiger partial charge < -0.3 is 21.1 Å². The number of carbonyl (C=O) groups is 1. The molecule has 1 aliphatic carbocycles. The first-order valence-corrected chi connectivity index (χ1v) is 12.0. The van der Waals surface area contributed by atoms with Crippen LogP contribution < -0.4 is 16.0 Å². The molecule has 4 rings (SSSR count). The summed E-state index contributed by atoms with van der Waals surface area (Å²) in [4.78, 5) is 25.9. The van der Waals surface area contributed by atoms with Gasteiger partial charge in [-0.05, 0) is 46.5 Å². The third kappa shape index (κ3) is 6.30. The lowest BCUT2D eigenvalue weighted by Crippen LogP contribution is -2.40. The molecule has 9 nitrogen and oxygen atoms in total. The van der Waals surface area contributed by atoms with E-state index in [1.807, 2.05) is 13.8 Å². The molecule has 0 aliphatic heterocycles.